The minimum atomic E-state index is 0.369. The van der Waals surface area contributed by atoms with E-state index in [4.69, 9.17) is 4.74 Å². The molecule has 0 amide bonds. The van der Waals surface area contributed by atoms with E-state index < -0.39 is 0 Å². The van der Waals surface area contributed by atoms with Crippen molar-refractivity contribution in [1.29, 1.82) is 0 Å². The summed E-state index contributed by atoms with van der Waals surface area (Å²) in [7, 11) is 3.93. The van der Waals surface area contributed by atoms with E-state index in [1.807, 2.05) is 0 Å². The molecule has 0 fully saturated rings. The Balaban J connectivity index is 2.79. The fourth-order valence-corrected chi connectivity index (χ4v) is 2.19. The number of hydrogen-bond acceptors (Lipinski definition) is 3. The van der Waals surface area contributed by atoms with E-state index >= 15 is 0 Å². The summed E-state index contributed by atoms with van der Waals surface area (Å²) < 4.78 is 5.27. The maximum absolute atomic E-state index is 5.27. The van der Waals surface area contributed by atoms with Crippen LogP contribution in [-0.2, 0) is 4.74 Å². The largest absolute Gasteiger partial charge is 0.383 e. The fourth-order valence-electron chi connectivity index (χ4n) is 2.19. The minimum absolute atomic E-state index is 0.369. The highest BCUT2D eigenvalue weighted by Crippen LogP contribution is 2.20. The summed E-state index contributed by atoms with van der Waals surface area (Å²) in [5.74, 6) is 0. The number of nitrogens with one attached hydrogen (secondary N) is 1. The van der Waals surface area contributed by atoms with Crippen LogP contribution in [0.1, 0.15) is 32.4 Å². The van der Waals surface area contributed by atoms with Gasteiger partial charge >= 0.3 is 0 Å². The molecule has 2 unspecified atom stereocenters. The van der Waals surface area contributed by atoms with Crippen LogP contribution in [0, 0.1) is 0 Å². The zero-order valence-electron chi connectivity index (χ0n) is 12.9. The Morgan fingerprint density at radius 1 is 1.16 bits per heavy atom. The van der Waals surface area contributed by atoms with Crippen LogP contribution >= 0.6 is 0 Å². The van der Waals surface area contributed by atoms with Crippen LogP contribution in [-0.4, -0.2) is 44.3 Å². The molecular formula is C16H28N2O. The molecule has 0 aromatic heterocycles. The Bertz CT molecular complexity index is 340. The molecule has 0 aliphatic carbocycles. The molecule has 3 heteroatoms. The average molecular weight is 264 g/mol. The number of benzene rings is 1. The van der Waals surface area contributed by atoms with Crippen LogP contribution in [0.15, 0.2) is 30.3 Å². The first kappa shape index (κ1) is 16.2. The normalized spacial score (nSPS) is 14.9. The summed E-state index contributed by atoms with van der Waals surface area (Å²) >= 11 is 0. The van der Waals surface area contributed by atoms with E-state index in [2.05, 4.69) is 68.4 Å². The number of nitrogens with zero attached hydrogens (tertiary/aromatic N) is 1. The van der Waals surface area contributed by atoms with Gasteiger partial charge in [0.05, 0.1) is 6.61 Å². The highest BCUT2D eigenvalue weighted by molar-refractivity contribution is 5.19. The number of hydrogen-bond donors (Lipinski definition) is 1. The molecular weight excluding hydrogens is 236 g/mol. The SMILES string of the molecule is COCC(C)N(C)C(CNC(C)C)c1ccccc1. The molecule has 0 aliphatic rings. The second kappa shape index (κ2) is 8.31. The lowest BCUT2D eigenvalue weighted by molar-refractivity contribution is 0.0877. The van der Waals surface area contributed by atoms with Gasteiger partial charge in [-0.3, -0.25) is 4.90 Å². The summed E-state index contributed by atoms with van der Waals surface area (Å²) in [6.45, 7) is 8.27. The zero-order chi connectivity index (χ0) is 14.3. The third kappa shape index (κ3) is 5.31. The average Bonchev–Trinajstić information content (AvgIpc) is 2.40. The van der Waals surface area contributed by atoms with Crippen molar-refractivity contribution in [2.24, 2.45) is 0 Å². The molecule has 0 spiro atoms. The van der Waals surface area contributed by atoms with Crippen LogP contribution < -0.4 is 5.32 Å². The molecule has 0 heterocycles. The zero-order valence-corrected chi connectivity index (χ0v) is 12.9. The second-order valence-corrected chi connectivity index (χ2v) is 5.46. The topological polar surface area (TPSA) is 24.5 Å². The third-order valence-corrected chi connectivity index (χ3v) is 3.50. The molecule has 0 aliphatic heterocycles. The molecule has 0 saturated carbocycles. The summed E-state index contributed by atoms with van der Waals surface area (Å²) in [5, 5.41) is 3.54. The Labute approximate surface area is 118 Å². The van der Waals surface area contributed by atoms with Crippen molar-refractivity contribution in [3.05, 3.63) is 35.9 Å². The van der Waals surface area contributed by atoms with E-state index in [-0.39, 0.29) is 0 Å². The molecule has 108 valence electrons. The van der Waals surface area contributed by atoms with Crippen molar-refractivity contribution < 1.29 is 4.74 Å². The van der Waals surface area contributed by atoms with Gasteiger partial charge in [-0.2, -0.15) is 0 Å². The van der Waals surface area contributed by atoms with Crippen LogP contribution in [0.25, 0.3) is 0 Å². The maximum Gasteiger partial charge on any atom is 0.0615 e. The molecule has 19 heavy (non-hydrogen) atoms. The molecule has 3 nitrogen and oxygen atoms in total. The van der Waals surface area contributed by atoms with Gasteiger partial charge in [0, 0.05) is 31.8 Å². The monoisotopic (exact) mass is 264 g/mol. The highest BCUT2D eigenvalue weighted by atomic mass is 16.5. The molecule has 1 aromatic carbocycles. The fraction of sp³-hybridized carbons (Fsp3) is 0.625. The lowest BCUT2D eigenvalue weighted by Gasteiger charge is -2.34. The van der Waals surface area contributed by atoms with Crippen molar-refractivity contribution in [2.45, 2.75) is 38.9 Å². The number of likely N-dealkylation sites (N-methyl/N-ethyl adjacent to an activating group) is 1. The quantitative estimate of drug-likeness (QED) is 0.781. The van der Waals surface area contributed by atoms with Crippen molar-refractivity contribution in [3.8, 4) is 0 Å². The lowest BCUT2D eigenvalue weighted by atomic mass is 10.0. The first-order valence-corrected chi connectivity index (χ1v) is 7.05. The van der Waals surface area contributed by atoms with Gasteiger partial charge < -0.3 is 10.1 Å². The van der Waals surface area contributed by atoms with E-state index in [0.29, 0.717) is 18.1 Å². The van der Waals surface area contributed by atoms with Crippen LogP contribution in [0.4, 0.5) is 0 Å². The Morgan fingerprint density at radius 3 is 2.32 bits per heavy atom. The number of rotatable bonds is 8. The van der Waals surface area contributed by atoms with Crippen LogP contribution in [0.2, 0.25) is 0 Å². The summed E-state index contributed by atoms with van der Waals surface area (Å²) in [5.41, 5.74) is 1.35. The van der Waals surface area contributed by atoms with Gasteiger partial charge in [0.25, 0.3) is 0 Å². The third-order valence-electron chi connectivity index (χ3n) is 3.50. The highest BCUT2D eigenvalue weighted by Gasteiger charge is 2.21. The predicted molar refractivity (Wildman–Crippen MR) is 81.4 cm³/mol. The standard InChI is InChI=1S/C16H28N2O/c1-13(2)17-11-16(15-9-7-6-8-10-15)18(4)14(3)12-19-5/h6-10,13-14,16-17H,11-12H2,1-5H3. The number of ether oxygens (including phenoxy) is 1. The van der Waals surface area contributed by atoms with Gasteiger partial charge in [-0.25, -0.2) is 0 Å². The Kier molecular flexibility index (Phi) is 7.06. The summed E-state index contributed by atoms with van der Waals surface area (Å²) in [6, 6.07) is 11.9. The minimum Gasteiger partial charge on any atom is -0.383 e. The van der Waals surface area contributed by atoms with Crippen molar-refractivity contribution >= 4 is 0 Å². The van der Waals surface area contributed by atoms with E-state index in [9.17, 15) is 0 Å². The van der Waals surface area contributed by atoms with Gasteiger partial charge in [0.2, 0.25) is 0 Å². The summed E-state index contributed by atoms with van der Waals surface area (Å²) in [4.78, 5) is 2.38. The Hall–Kier alpha value is -0.900. The molecule has 1 N–H and O–H groups in total. The molecule has 1 aromatic rings. The first-order valence-electron chi connectivity index (χ1n) is 7.05. The number of methoxy groups -OCH3 is 1. The molecule has 0 radical (unpaired) electrons. The van der Waals surface area contributed by atoms with E-state index in [1.165, 1.54) is 5.56 Å². The first-order chi connectivity index (χ1) is 9.06. The second-order valence-electron chi connectivity index (χ2n) is 5.46. The molecule has 0 bridgehead atoms. The van der Waals surface area contributed by atoms with Gasteiger partial charge in [-0.1, -0.05) is 44.2 Å². The lowest BCUT2D eigenvalue weighted by Crippen LogP contribution is -2.41. The van der Waals surface area contributed by atoms with Crippen molar-refractivity contribution in [3.63, 3.8) is 0 Å². The van der Waals surface area contributed by atoms with E-state index in [0.717, 1.165) is 13.2 Å². The van der Waals surface area contributed by atoms with Gasteiger partial charge in [-0.15, -0.1) is 0 Å². The van der Waals surface area contributed by atoms with Crippen LogP contribution in [0.5, 0.6) is 0 Å². The van der Waals surface area contributed by atoms with Gasteiger partial charge in [0.15, 0.2) is 0 Å². The van der Waals surface area contributed by atoms with Gasteiger partial charge in [-0.05, 0) is 19.5 Å². The summed E-state index contributed by atoms with van der Waals surface area (Å²) in [6.07, 6.45) is 0. The molecule has 0 saturated heterocycles. The van der Waals surface area contributed by atoms with Crippen LogP contribution in [0.3, 0.4) is 0 Å². The predicted octanol–water partition coefficient (Wildman–Crippen LogP) is 2.69. The maximum atomic E-state index is 5.27. The van der Waals surface area contributed by atoms with E-state index in [1.54, 1.807) is 7.11 Å². The Morgan fingerprint density at radius 2 is 1.79 bits per heavy atom. The van der Waals surface area contributed by atoms with Crippen molar-refractivity contribution in [1.82, 2.24) is 10.2 Å². The van der Waals surface area contributed by atoms with Crippen molar-refractivity contribution in [2.75, 3.05) is 27.3 Å². The molecule has 1 rings (SSSR count). The smallest absolute Gasteiger partial charge is 0.0615 e. The molecule has 2 atom stereocenters. The van der Waals surface area contributed by atoms with Gasteiger partial charge in [0.1, 0.15) is 0 Å².